The van der Waals surface area contributed by atoms with Gasteiger partial charge in [0.1, 0.15) is 11.6 Å². The lowest BCUT2D eigenvalue weighted by Crippen LogP contribution is -2.04. The van der Waals surface area contributed by atoms with Crippen molar-refractivity contribution in [1.82, 2.24) is 4.98 Å². The number of hydrogen-bond donors (Lipinski definition) is 1. The summed E-state index contributed by atoms with van der Waals surface area (Å²) in [5.74, 6) is 1.40. The van der Waals surface area contributed by atoms with Crippen LogP contribution in [0.25, 0.3) is 20.8 Å². The lowest BCUT2D eigenvalue weighted by Gasteiger charge is -2.16. The first-order valence-electron chi connectivity index (χ1n) is 12.0. The van der Waals surface area contributed by atoms with Crippen LogP contribution >= 0.6 is 38.9 Å². The Kier molecular flexibility index (Phi) is 7.99. The molecule has 0 spiro atoms. The highest BCUT2D eigenvalue weighted by atomic mass is 79.9. The molecule has 0 saturated heterocycles. The van der Waals surface area contributed by atoms with E-state index in [1.807, 2.05) is 43.3 Å². The molecule has 0 fully saturated rings. The van der Waals surface area contributed by atoms with Crippen LogP contribution in [0.15, 0.2) is 83.3 Å². The highest BCUT2D eigenvalue weighted by Gasteiger charge is 2.12. The first kappa shape index (κ1) is 25.6. The number of hydrogen-bond acceptors (Lipinski definition) is 5. The average Bonchev–Trinajstić information content (AvgIpc) is 3.31. The van der Waals surface area contributed by atoms with Gasteiger partial charge in [-0.15, -0.1) is 11.3 Å². The van der Waals surface area contributed by atoms with Crippen molar-refractivity contribution in [1.29, 1.82) is 0 Å². The molecule has 7 heteroatoms. The second-order valence-electron chi connectivity index (χ2n) is 8.66. The Morgan fingerprint density at radius 2 is 1.76 bits per heavy atom. The minimum Gasteiger partial charge on any atom is -0.490 e. The third-order valence-corrected chi connectivity index (χ3v) is 7.90. The van der Waals surface area contributed by atoms with Gasteiger partial charge < -0.3 is 14.8 Å². The summed E-state index contributed by atoms with van der Waals surface area (Å²) in [5.41, 5.74) is 6.52. The second kappa shape index (κ2) is 11.5. The number of ether oxygens (including phenoxy) is 2. The molecule has 0 radical (unpaired) electrons. The van der Waals surface area contributed by atoms with Gasteiger partial charge >= 0.3 is 0 Å². The number of nitrogens with one attached hydrogen (secondary N) is 1. The zero-order chi connectivity index (χ0) is 25.8. The molecule has 0 bridgehead atoms. The zero-order valence-electron chi connectivity index (χ0n) is 20.6. The summed E-state index contributed by atoms with van der Waals surface area (Å²) >= 11 is 11.5. The van der Waals surface area contributed by atoms with Crippen molar-refractivity contribution in [2.75, 3.05) is 11.9 Å². The summed E-state index contributed by atoms with van der Waals surface area (Å²) in [7, 11) is 0. The van der Waals surface area contributed by atoms with Crippen LogP contribution in [-0.4, -0.2) is 11.6 Å². The molecule has 5 rings (SSSR count). The van der Waals surface area contributed by atoms with Gasteiger partial charge in [-0.3, -0.25) is 0 Å². The van der Waals surface area contributed by atoms with Crippen LogP contribution in [0.1, 0.15) is 23.6 Å². The minimum absolute atomic E-state index is 0.408. The van der Waals surface area contributed by atoms with Crippen molar-refractivity contribution in [2.24, 2.45) is 0 Å². The molecule has 0 saturated carbocycles. The maximum absolute atomic E-state index is 6.10. The lowest BCUT2D eigenvalue weighted by atomic mass is 10.1. The third-order valence-electron chi connectivity index (χ3n) is 5.85. The van der Waals surface area contributed by atoms with Crippen molar-refractivity contribution in [2.45, 2.75) is 27.0 Å². The molecule has 1 heterocycles. The summed E-state index contributed by atoms with van der Waals surface area (Å²) in [6, 6.07) is 26.4. The molecule has 1 aromatic heterocycles. The van der Waals surface area contributed by atoms with Crippen molar-refractivity contribution < 1.29 is 9.47 Å². The Hall–Kier alpha value is -3.06. The van der Waals surface area contributed by atoms with Crippen molar-refractivity contribution in [3.63, 3.8) is 0 Å². The smallest absolute Gasteiger partial charge is 0.162 e. The number of aromatic nitrogens is 1. The highest BCUT2D eigenvalue weighted by molar-refractivity contribution is 9.10. The van der Waals surface area contributed by atoms with Crippen LogP contribution in [0.4, 0.5) is 5.69 Å². The Balaban J connectivity index is 1.27. The molecule has 0 unspecified atom stereocenters. The number of rotatable bonds is 9. The van der Waals surface area contributed by atoms with Crippen molar-refractivity contribution in [3.8, 4) is 22.1 Å². The molecule has 37 heavy (non-hydrogen) atoms. The van der Waals surface area contributed by atoms with Crippen LogP contribution in [0.2, 0.25) is 5.02 Å². The molecule has 0 amide bonds. The van der Waals surface area contributed by atoms with Gasteiger partial charge in [0.15, 0.2) is 11.5 Å². The molecule has 0 atom stereocenters. The fourth-order valence-electron chi connectivity index (χ4n) is 3.96. The fourth-order valence-corrected chi connectivity index (χ4v) is 5.71. The van der Waals surface area contributed by atoms with Gasteiger partial charge in [0.25, 0.3) is 0 Å². The summed E-state index contributed by atoms with van der Waals surface area (Å²) < 4.78 is 14.1. The van der Waals surface area contributed by atoms with E-state index in [0.29, 0.717) is 36.3 Å². The van der Waals surface area contributed by atoms with E-state index in [-0.39, 0.29) is 0 Å². The van der Waals surface area contributed by atoms with Crippen LogP contribution in [0, 0.1) is 6.92 Å². The number of thiazole rings is 1. The largest absolute Gasteiger partial charge is 0.490 e. The van der Waals surface area contributed by atoms with Gasteiger partial charge in [-0.2, -0.15) is 0 Å². The molecule has 0 aliphatic heterocycles. The quantitative estimate of drug-likeness (QED) is 0.185. The summed E-state index contributed by atoms with van der Waals surface area (Å²) in [6.07, 6.45) is 0. The van der Waals surface area contributed by atoms with Gasteiger partial charge in [-0.1, -0.05) is 45.7 Å². The van der Waals surface area contributed by atoms with Gasteiger partial charge in [-0.05, 0) is 91.2 Å². The molecule has 4 nitrogen and oxygen atoms in total. The molecule has 4 aromatic carbocycles. The van der Waals surface area contributed by atoms with Crippen molar-refractivity contribution >= 4 is 54.8 Å². The van der Waals surface area contributed by atoms with Crippen LogP contribution < -0.4 is 14.8 Å². The van der Waals surface area contributed by atoms with Gasteiger partial charge in [0.05, 0.1) is 16.8 Å². The molecule has 1 N–H and O–H groups in total. The molecule has 0 aliphatic rings. The van der Waals surface area contributed by atoms with Crippen LogP contribution in [0.3, 0.4) is 0 Å². The maximum atomic E-state index is 6.10. The van der Waals surface area contributed by atoms with E-state index in [4.69, 9.17) is 26.1 Å². The molecular weight excluding hydrogens is 568 g/mol. The van der Waals surface area contributed by atoms with Gasteiger partial charge in [0, 0.05) is 27.3 Å². The number of benzene rings is 4. The standard InChI is InChI=1S/C30H26BrClN2O2S/c1-3-35-27-15-22(25(31)16-28(27)36-18-20-5-4-6-23(32)14-20)17-33-24-10-8-21(9-11-24)30-34-26-12-7-19(2)13-29(26)37-30/h4-16,33H,3,17-18H2,1-2H3. The summed E-state index contributed by atoms with van der Waals surface area (Å²) in [6.45, 7) is 5.67. The Morgan fingerprint density at radius 3 is 2.54 bits per heavy atom. The van der Waals surface area contributed by atoms with Gasteiger partial charge in [-0.25, -0.2) is 4.98 Å². The monoisotopic (exact) mass is 592 g/mol. The summed E-state index contributed by atoms with van der Waals surface area (Å²) in [4.78, 5) is 4.79. The van der Waals surface area contributed by atoms with E-state index in [1.54, 1.807) is 11.3 Å². The Labute approximate surface area is 234 Å². The first-order valence-corrected chi connectivity index (χ1v) is 14.0. The third kappa shape index (κ3) is 6.27. The van der Waals surface area contributed by atoms with Crippen LogP contribution in [-0.2, 0) is 13.2 Å². The molecule has 188 valence electrons. The lowest BCUT2D eigenvalue weighted by molar-refractivity contribution is 0.269. The number of fused-ring (bicyclic) bond motifs is 1. The van der Waals surface area contributed by atoms with E-state index in [9.17, 15) is 0 Å². The molecule has 5 aromatic rings. The predicted molar refractivity (Wildman–Crippen MR) is 158 cm³/mol. The van der Waals surface area contributed by atoms with Crippen molar-refractivity contribution in [3.05, 3.63) is 105 Å². The van der Waals surface area contributed by atoms with E-state index >= 15 is 0 Å². The topological polar surface area (TPSA) is 43.4 Å². The highest BCUT2D eigenvalue weighted by Crippen LogP contribution is 2.35. The zero-order valence-corrected chi connectivity index (χ0v) is 23.7. The first-order chi connectivity index (χ1) is 18.0. The number of anilines is 1. The number of aryl methyl sites for hydroxylation is 1. The second-order valence-corrected chi connectivity index (χ2v) is 11.0. The fraction of sp³-hybridized carbons (Fsp3) is 0.167. The molecule has 0 aliphatic carbocycles. The Bertz CT molecular complexity index is 1540. The SMILES string of the molecule is CCOc1cc(CNc2ccc(-c3nc4ccc(C)cc4s3)cc2)c(Br)cc1OCc1cccc(Cl)c1. The number of halogens is 2. The average molecular weight is 594 g/mol. The summed E-state index contributed by atoms with van der Waals surface area (Å²) in [5, 5.41) is 5.23. The predicted octanol–water partition coefficient (Wildman–Crippen LogP) is 9.28. The Morgan fingerprint density at radius 1 is 0.946 bits per heavy atom. The van der Waals surface area contributed by atoms with E-state index in [2.05, 4.69) is 70.6 Å². The minimum atomic E-state index is 0.408. The van der Waals surface area contributed by atoms with E-state index < -0.39 is 0 Å². The molecular formula is C30H26BrClN2O2S. The van der Waals surface area contributed by atoms with Gasteiger partial charge in [0.2, 0.25) is 0 Å². The van der Waals surface area contributed by atoms with Crippen LogP contribution in [0.5, 0.6) is 11.5 Å². The van der Waals surface area contributed by atoms with E-state index in [0.717, 1.165) is 37.4 Å². The normalized spacial score (nSPS) is 11.0. The maximum Gasteiger partial charge on any atom is 0.162 e. The number of nitrogens with zero attached hydrogens (tertiary/aromatic N) is 1. The van der Waals surface area contributed by atoms with E-state index in [1.165, 1.54) is 10.3 Å².